The molecule has 3 rings (SSSR count). The zero-order valence-corrected chi connectivity index (χ0v) is 25.0. The highest BCUT2D eigenvalue weighted by Gasteiger charge is 2.67. The van der Waals surface area contributed by atoms with Crippen molar-refractivity contribution in [3.63, 3.8) is 0 Å². The first kappa shape index (κ1) is 32.8. The van der Waals surface area contributed by atoms with Crippen LogP contribution in [0.4, 0.5) is 0 Å². The fourth-order valence-corrected chi connectivity index (χ4v) is 6.50. The topological polar surface area (TPSA) is 178 Å². The number of fused-ring (bicyclic) bond motifs is 2. The van der Waals surface area contributed by atoms with E-state index >= 15 is 0 Å². The van der Waals surface area contributed by atoms with Crippen molar-refractivity contribution in [2.24, 2.45) is 17.3 Å². The highest BCUT2D eigenvalue weighted by molar-refractivity contribution is 5.90. The lowest BCUT2D eigenvalue weighted by Crippen LogP contribution is -2.65. The van der Waals surface area contributed by atoms with Crippen LogP contribution in [0.5, 0.6) is 0 Å². The van der Waals surface area contributed by atoms with E-state index in [2.05, 4.69) is 0 Å². The van der Waals surface area contributed by atoms with Crippen LogP contribution in [0.2, 0.25) is 0 Å². The Kier molecular flexibility index (Phi) is 9.55. The fraction of sp³-hybridized carbons (Fsp3) is 0.655. The molecule has 0 aromatic heterocycles. The van der Waals surface area contributed by atoms with Gasteiger partial charge in [0.15, 0.2) is 11.7 Å². The van der Waals surface area contributed by atoms with E-state index in [1.165, 1.54) is 13.8 Å². The third kappa shape index (κ3) is 5.92. The number of aliphatic hydroxyl groups is 1. The van der Waals surface area contributed by atoms with Gasteiger partial charge < -0.3 is 33.5 Å². The molecule has 1 aliphatic heterocycles. The summed E-state index contributed by atoms with van der Waals surface area (Å²) < 4.78 is 33.4. The Bertz CT molecular complexity index is 1220. The van der Waals surface area contributed by atoms with Crippen LogP contribution in [0, 0.1) is 17.3 Å². The van der Waals surface area contributed by atoms with Gasteiger partial charge in [0.1, 0.15) is 24.4 Å². The first-order valence-corrected chi connectivity index (χ1v) is 13.6. The summed E-state index contributed by atoms with van der Waals surface area (Å²) in [6.45, 7) is 9.30. The molecular weight excluding hydrogens is 556 g/mol. The van der Waals surface area contributed by atoms with Crippen LogP contribution < -0.4 is 0 Å². The van der Waals surface area contributed by atoms with E-state index in [1.54, 1.807) is 19.9 Å². The Morgan fingerprint density at radius 2 is 1.48 bits per heavy atom. The molecule has 0 radical (unpaired) electrons. The standard InChI is InChI=1S/C29H38O13/c1-13-9-10-21(39-16(4)31)28(7)22(40-17(5)32)12-20(38-15(3)30)19(27(35)37-8)11-23-29(36,14(2)26(34)42-23)25(24(13)28)41-18(6)33/h9,11,14,20-25,36H,10,12H2,1-8H3/b19-11-/t14-,20+,21?,22+,23-,24+,25-,28+,29+/m0/s1. The van der Waals surface area contributed by atoms with Crippen molar-refractivity contribution in [3.05, 3.63) is 23.3 Å². The van der Waals surface area contributed by atoms with Crippen LogP contribution in [-0.4, -0.2) is 84.2 Å². The van der Waals surface area contributed by atoms with Crippen LogP contribution in [0.15, 0.2) is 23.3 Å². The summed E-state index contributed by atoms with van der Waals surface area (Å²) in [6.07, 6.45) is -4.17. The second-order valence-electron chi connectivity index (χ2n) is 11.2. The molecule has 1 N–H and O–H groups in total. The minimum atomic E-state index is -2.31. The second kappa shape index (κ2) is 12.2. The van der Waals surface area contributed by atoms with Gasteiger partial charge in [-0.15, -0.1) is 0 Å². The molecule has 0 saturated carbocycles. The Labute approximate surface area is 243 Å². The van der Waals surface area contributed by atoms with Crippen molar-refractivity contribution in [2.75, 3.05) is 7.11 Å². The first-order chi connectivity index (χ1) is 19.5. The van der Waals surface area contributed by atoms with Crippen molar-refractivity contribution in [2.45, 2.75) is 97.4 Å². The summed E-state index contributed by atoms with van der Waals surface area (Å²) in [6, 6.07) is 0. The summed E-state index contributed by atoms with van der Waals surface area (Å²) in [4.78, 5) is 75.8. The molecule has 13 nitrogen and oxygen atoms in total. The number of esters is 6. The molecule has 1 unspecified atom stereocenters. The number of hydrogen-bond donors (Lipinski definition) is 1. The summed E-state index contributed by atoms with van der Waals surface area (Å²) in [5.74, 6) is -7.18. The lowest BCUT2D eigenvalue weighted by molar-refractivity contribution is -0.218. The van der Waals surface area contributed by atoms with Crippen molar-refractivity contribution in [1.82, 2.24) is 0 Å². The van der Waals surface area contributed by atoms with E-state index in [1.807, 2.05) is 0 Å². The van der Waals surface area contributed by atoms with E-state index in [0.717, 1.165) is 34.0 Å². The minimum Gasteiger partial charge on any atom is -0.466 e. The maximum absolute atomic E-state index is 13.1. The van der Waals surface area contributed by atoms with Gasteiger partial charge in [0, 0.05) is 46.5 Å². The zero-order valence-electron chi connectivity index (χ0n) is 25.0. The van der Waals surface area contributed by atoms with Gasteiger partial charge in [0.05, 0.1) is 24.0 Å². The third-order valence-electron chi connectivity index (χ3n) is 8.45. The van der Waals surface area contributed by atoms with E-state index < -0.39 is 89.2 Å². The average molecular weight is 595 g/mol. The molecule has 1 saturated heterocycles. The van der Waals surface area contributed by atoms with Crippen LogP contribution in [0.1, 0.15) is 61.3 Å². The van der Waals surface area contributed by atoms with Gasteiger partial charge in [-0.1, -0.05) is 18.6 Å². The molecule has 1 fully saturated rings. The van der Waals surface area contributed by atoms with E-state index in [0.29, 0.717) is 5.57 Å². The monoisotopic (exact) mass is 594 g/mol. The van der Waals surface area contributed by atoms with Gasteiger partial charge in [-0.3, -0.25) is 24.0 Å². The highest BCUT2D eigenvalue weighted by atomic mass is 16.6. The summed E-state index contributed by atoms with van der Waals surface area (Å²) in [7, 11) is 1.08. The zero-order chi connectivity index (χ0) is 31.7. The van der Waals surface area contributed by atoms with Crippen molar-refractivity contribution in [3.8, 4) is 0 Å². The first-order valence-electron chi connectivity index (χ1n) is 13.6. The normalized spacial score (nSPS) is 37.3. The second-order valence-corrected chi connectivity index (χ2v) is 11.2. The number of hydrogen-bond acceptors (Lipinski definition) is 13. The number of carbonyl (C=O) groups is 6. The van der Waals surface area contributed by atoms with Gasteiger partial charge in [0.2, 0.25) is 0 Å². The molecule has 3 aliphatic rings. The molecule has 9 atom stereocenters. The molecule has 232 valence electrons. The van der Waals surface area contributed by atoms with E-state index in [4.69, 9.17) is 28.4 Å². The smallest absolute Gasteiger partial charge is 0.337 e. The quantitative estimate of drug-likeness (QED) is 0.275. The van der Waals surface area contributed by atoms with Crippen molar-refractivity contribution >= 4 is 35.8 Å². The molecule has 0 aromatic carbocycles. The molecule has 0 amide bonds. The lowest BCUT2D eigenvalue weighted by Gasteiger charge is -2.54. The predicted molar refractivity (Wildman–Crippen MR) is 141 cm³/mol. The van der Waals surface area contributed by atoms with Crippen molar-refractivity contribution in [1.29, 1.82) is 0 Å². The minimum absolute atomic E-state index is 0.147. The van der Waals surface area contributed by atoms with Crippen LogP contribution in [-0.2, 0) is 57.2 Å². The number of rotatable bonds is 5. The van der Waals surface area contributed by atoms with Gasteiger partial charge in [0.25, 0.3) is 0 Å². The summed E-state index contributed by atoms with van der Waals surface area (Å²) >= 11 is 0. The molecule has 13 heteroatoms. The molecular formula is C29H38O13. The Morgan fingerprint density at radius 3 is 2.00 bits per heavy atom. The molecule has 0 bridgehead atoms. The number of carbonyl (C=O) groups excluding carboxylic acids is 6. The summed E-state index contributed by atoms with van der Waals surface area (Å²) in [5, 5.41) is 12.5. The van der Waals surface area contributed by atoms with Gasteiger partial charge >= 0.3 is 35.8 Å². The average Bonchev–Trinajstić information content (AvgIpc) is 3.09. The van der Waals surface area contributed by atoms with E-state index in [-0.39, 0.29) is 18.4 Å². The maximum Gasteiger partial charge on any atom is 0.337 e. The highest BCUT2D eigenvalue weighted by Crippen LogP contribution is 2.55. The predicted octanol–water partition coefficient (Wildman–Crippen LogP) is 1.48. The lowest BCUT2D eigenvalue weighted by atomic mass is 9.56. The number of ether oxygens (including phenoxy) is 6. The van der Waals surface area contributed by atoms with Gasteiger partial charge in [-0.2, -0.15) is 0 Å². The molecule has 42 heavy (non-hydrogen) atoms. The molecule has 2 aliphatic carbocycles. The Hall–Kier alpha value is -3.74. The molecule has 0 aromatic rings. The SMILES string of the molecule is COC(=O)/C1=C\[C@@H]2OC(=O)[C@H](C)[C@]2(O)[C@@H](OC(C)=O)[C@H]2C(C)=CCC(OC(C)=O)[C@]2(C)[C@H](OC(C)=O)C[C@H]1OC(C)=O. The van der Waals surface area contributed by atoms with Crippen molar-refractivity contribution < 1.29 is 62.3 Å². The summed E-state index contributed by atoms with van der Waals surface area (Å²) in [5.41, 5.74) is -3.53. The Morgan fingerprint density at radius 1 is 0.929 bits per heavy atom. The molecule has 1 heterocycles. The molecule has 0 spiro atoms. The van der Waals surface area contributed by atoms with Gasteiger partial charge in [-0.05, 0) is 19.9 Å². The van der Waals surface area contributed by atoms with Gasteiger partial charge in [-0.25, -0.2) is 4.79 Å². The Balaban J connectivity index is 2.50. The third-order valence-corrected chi connectivity index (χ3v) is 8.45. The fourth-order valence-electron chi connectivity index (χ4n) is 6.50. The van der Waals surface area contributed by atoms with E-state index in [9.17, 15) is 33.9 Å². The largest absolute Gasteiger partial charge is 0.466 e. The van der Waals surface area contributed by atoms with Crippen LogP contribution in [0.3, 0.4) is 0 Å². The van der Waals surface area contributed by atoms with Crippen LogP contribution in [0.25, 0.3) is 0 Å². The van der Waals surface area contributed by atoms with Crippen LogP contribution >= 0.6 is 0 Å². The maximum atomic E-state index is 13.1. The number of methoxy groups -OCH3 is 1.